The van der Waals surface area contributed by atoms with Crippen molar-refractivity contribution in [1.29, 1.82) is 0 Å². The van der Waals surface area contributed by atoms with Crippen LogP contribution in [-0.4, -0.2) is 142 Å². The van der Waals surface area contributed by atoms with E-state index in [0.717, 1.165) is 38.5 Å². The van der Waals surface area contributed by atoms with Gasteiger partial charge in [0.05, 0.1) is 19.8 Å². The third-order valence-corrected chi connectivity index (χ3v) is 13.7. The van der Waals surface area contributed by atoms with Crippen molar-refractivity contribution in [3.63, 3.8) is 0 Å². The molecule has 0 amide bonds. The Bertz CT molecular complexity index is 1270. The minimum atomic E-state index is -1.76. The standard InChI is InChI=1S/C55H102O15/c1-3-5-7-9-11-13-15-17-18-19-20-21-22-23-24-26-28-30-32-34-36-38-47(58)68-43(40-65-46(57)37-35-33-31-29-27-25-16-14-12-10-8-6-4-2)41-66-54-53(64)51(62)49(60)45(70-54)42-67-55-52(63)50(61)48(59)44(39-56)69-55/h17-18,43-45,48-56,59-64H,3-16,19-42H2,1-2H3/b18-17+/t43-,44+,45+,48-,49-,50?,51?,52?,53?,54+,55+/m1/s1. The second-order valence-electron chi connectivity index (χ2n) is 20.1. The summed E-state index contributed by atoms with van der Waals surface area (Å²) in [7, 11) is 0. The topological polar surface area (TPSA) is 231 Å². The molecule has 7 N–H and O–H groups in total. The second kappa shape index (κ2) is 42.6. The van der Waals surface area contributed by atoms with E-state index < -0.39 is 92.7 Å². The van der Waals surface area contributed by atoms with Crippen molar-refractivity contribution < 1.29 is 73.8 Å². The Labute approximate surface area is 422 Å². The van der Waals surface area contributed by atoms with Gasteiger partial charge in [-0.25, -0.2) is 0 Å². The zero-order valence-corrected chi connectivity index (χ0v) is 43.8. The lowest BCUT2D eigenvalue weighted by Gasteiger charge is -2.42. The van der Waals surface area contributed by atoms with Gasteiger partial charge in [0, 0.05) is 12.8 Å². The predicted molar refractivity (Wildman–Crippen MR) is 271 cm³/mol. The number of aliphatic hydroxyl groups is 7. The first-order chi connectivity index (χ1) is 34.0. The molecule has 0 spiro atoms. The molecule has 2 aliphatic heterocycles. The number of aliphatic hydroxyl groups excluding tert-OH is 7. The molecule has 15 heteroatoms. The average molecular weight is 1000 g/mol. The van der Waals surface area contributed by atoms with E-state index in [1.54, 1.807) is 0 Å². The van der Waals surface area contributed by atoms with Gasteiger partial charge in [-0.1, -0.05) is 193 Å². The summed E-state index contributed by atoms with van der Waals surface area (Å²) >= 11 is 0. The number of rotatable bonds is 45. The molecule has 4 unspecified atom stereocenters. The fourth-order valence-electron chi connectivity index (χ4n) is 9.10. The Kier molecular flexibility index (Phi) is 39.1. The van der Waals surface area contributed by atoms with Gasteiger partial charge in [-0.2, -0.15) is 0 Å². The molecule has 0 radical (unpaired) electrons. The molecule has 0 aromatic rings. The Balaban J connectivity index is 1.75. The van der Waals surface area contributed by atoms with Crippen LogP contribution in [0.4, 0.5) is 0 Å². The van der Waals surface area contributed by atoms with Crippen LogP contribution in [0.25, 0.3) is 0 Å². The first kappa shape index (κ1) is 64.4. The van der Waals surface area contributed by atoms with E-state index in [9.17, 15) is 45.3 Å². The Morgan fingerprint density at radius 2 is 0.814 bits per heavy atom. The summed E-state index contributed by atoms with van der Waals surface area (Å²) in [6, 6.07) is 0. The summed E-state index contributed by atoms with van der Waals surface area (Å²) in [4.78, 5) is 25.8. The van der Waals surface area contributed by atoms with Crippen molar-refractivity contribution in [2.45, 2.75) is 300 Å². The minimum absolute atomic E-state index is 0.169. The number of ether oxygens (including phenoxy) is 6. The largest absolute Gasteiger partial charge is 0.462 e. The first-order valence-electron chi connectivity index (χ1n) is 28.3. The van der Waals surface area contributed by atoms with Crippen LogP contribution in [0.2, 0.25) is 0 Å². The van der Waals surface area contributed by atoms with E-state index in [1.165, 1.54) is 154 Å². The molecule has 2 fully saturated rings. The Morgan fingerprint density at radius 1 is 0.443 bits per heavy atom. The average Bonchev–Trinajstić information content (AvgIpc) is 3.35. The first-order valence-corrected chi connectivity index (χ1v) is 28.3. The van der Waals surface area contributed by atoms with Crippen LogP contribution in [0.3, 0.4) is 0 Å². The van der Waals surface area contributed by atoms with E-state index in [-0.39, 0.29) is 26.1 Å². The molecule has 412 valence electrons. The molecule has 0 bridgehead atoms. The molecule has 2 heterocycles. The van der Waals surface area contributed by atoms with Gasteiger partial charge in [0.25, 0.3) is 0 Å². The monoisotopic (exact) mass is 1000 g/mol. The lowest BCUT2D eigenvalue weighted by molar-refractivity contribution is -0.332. The number of hydrogen-bond donors (Lipinski definition) is 7. The number of allylic oxidation sites excluding steroid dienone is 2. The van der Waals surface area contributed by atoms with Gasteiger partial charge in [0.2, 0.25) is 0 Å². The number of esters is 2. The van der Waals surface area contributed by atoms with Crippen LogP contribution in [0.5, 0.6) is 0 Å². The predicted octanol–water partition coefficient (Wildman–Crippen LogP) is 8.94. The molecule has 0 aromatic carbocycles. The normalized spacial score (nSPS) is 25.4. The van der Waals surface area contributed by atoms with E-state index in [2.05, 4.69) is 26.0 Å². The molecule has 0 saturated carbocycles. The highest BCUT2D eigenvalue weighted by Crippen LogP contribution is 2.27. The molecule has 2 saturated heterocycles. The number of hydrogen-bond acceptors (Lipinski definition) is 15. The van der Waals surface area contributed by atoms with Crippen molar-refractivity contribution in [1.82, 2.24) is 0 Å². The van der Waals surface area contributed by atoms with Crippen LogP contribution in [-0.2, 0) is 38.0 Å². The van der Waals surface area contributed by atoms with Gasteiger partial charge in [-0.15, -0.1) is 0 Å². The third-order valence-electron chi connectivity index (χ3n) is 13.7. The second-order valence-corrected chi connectivity index (χ2v) is 20.1. The quantitative estimate of drug-likeness (QED) is 0.0172. The summed E-state index contributed by atoms with van der Waals surface area (Å²) in [5, 5.41) is 72.2. The summed E-state index contributed by atoms with van der Waals surface area (Å²) in [6.45, 7) is 2.62. The highest BCUT2D eigenvalue weighted by Gasteiger charge is 2.47. The van der Waals surface area contributed by atoms with Crippen LogP contribution in [0.15, 0.2) is 12.2 Å². The lowest BCUT2D eigenvalue weighted by atomic mass is 9.98. The van der Waals surface area contributed by atoms with Crippen LogP contribution in [0.1, 0.15) is 232 Å². The number of carbonyl (C=O) groups excluding carboxylic acids is 2. The van der Waals surface area contributed by atoms with Crippen molar-refractivity contribution in [3.05, 3.63) is 12.2 Å². The van der Waals surface area contributed by atoms with Crippen molar-refractivity contribution in [2.75, 3.05) is 26.4 Å². The van der Waals surface area contributed by atoms with Gasteiger partial charge >= 0.3 is 11.9 Å². The Morgan fingerprint density at radius 3 is 1.26 bits per heavy atom. The van der Waals surface area contributed by atoms with Crippen LogP contribution >= 0.6 is 0 Å². The molecule has 11 atom stereocenters. The smallest absolute Gasteiger partial charge is 0.306 e. The number of unbranched alkanes of at least 4 members (excludes halogenated alkanes) is 29. The zero-order chi connectivity index (χ0) is 51.0. The SMILES string of the molecule is CCCCCCCC/C=C/CCCCCCCCCCCCCC(=O)O[C@H](COC(=O)CCCCCCCCCCCCCCC)CO[C@H]1O[C@@H](CO[C@H]2O[C@@H](CO)[C@@H](O)C(O)C2O)[C@@H](O)C(O)C1O. The van der Waals surface area contributed by atoms with Gasteiger partial charge < -0.3 is 64.2 Å². The van der Waals surface area contributed by atoms with E-state index in [4.69, 9.17) is 28.4 Å². The van der Waals surface area contributed by atoms with Gasteiger partial charge in [0.15, 0.2) is 18.7 Å². The third kappa shape index (κ3) is 29.8. The van der Waals surface area contributed by atoms with Crippen molar-refractivity contribution in [2.24, 2.45) is 0 Å². The fourth-order valence-corrected chi connectivity index (χ4v) is 9.10. The van der Waals surface area contributed by atoms with Crippen LogP contribution in [0, 0.1) is 0 Å². The molecule has 0 aliphatic carbocycles. The molecule has 0 aromatic heterocycles. The van der Waals surface area contributed by atoms with E-state index in [0.29, 0.717) is 12.8 Å². The van der Waals surface area contributed by atoms with Gasteiger partial charge in [-0.05, 0) is 38.5 Å². The highest BCUT2D eigenvalue weighted by atomic mass is 16.7. The number of carbonyl (C=O) groups is 2. The van der Waals surface area contributed by atoms with Gasteiger partial charge in [-0.3, -0.25) is 9.59 Å². The highest BCUT2D eigenvalue weighted by molar-refractivity contribution is 5.70. The molecule has 70 heavy (non-hydrogen) atoms. The maximum Gasteiger partial charge on any atom is 0.306 e. The lowest BCUT2D eigenvalue weighted by Crippen LogP contribution is -2.61. The van der Waals surface area contributed by atoms with E-state index >= 15 is 0 Å². The van der Waals surface area contributed by atoms with E-state index in [1.807, 2.05) is 0 Å². The van der Waals surface area contributed by atoms with Crippen molar-refractivity contribution >= 4 is 11.9 Å². The summed E-state index contributed by atoms with van der Waals surface area (Å²) in [6.07, 6.45) is 26.6. The maximum atomic E-state index is 13.0. The zero-order valence-electron chi connectivity index (χ0n) is 43.8. The van der Waals surface area contributed by atoms with Crippen LogP contribution < -0.4 is 0 Å². The van der Waals surface area contributed by atoms with Gasteiger partial charge in [0.1, 0.15) is 55.4 Å². The fraction of sp³-hybridized carbons (Fsp3) is 0.927. The summed E-state index contributed by atoms with van der Waals surface area (Å²) in [5.74, 6) is -0.912. The molecular weight excluding hydrogens is 901 g/mol. The molecule has 2 rings (SSSR count). The summed E-state index contributed by atoms with van der Waals surface area (Å²) < 4.78 is 33.7. The van der Waals surface area contributed by atoms with Crippen molar-refractivity contribution in [3.8, 4) is 0 Å². The maximum absolute atomic E-state index is 13.0. The molecular formula is C55H102O15. The summed E-state index contributed by atoms with van der Waals surface area (Å²) in [5.41, 5.74) is 0. The molecule has 15 nitrogen and oxygen atoms in total. The molecule has 2 aliphatic rings. The Hall–Kier alpha value is -1.76. The minimum Gasteiger partial charge on any atom is -0.462 e.